The standard InChI is InChI=1S/C25H19BrCl2N2O2S/c1-2-30-24(31)23(33-25(30)29-18-10-11-20(26)22(28)14-18)13-16-6-5-8-19(12-16)32-15-17-7-3-4-9-21(17)27/h3-14H,2,15H2,1H3/b23-13+,29-25?. The van der Waals surface area contributed by atoms with Crippen LogP contribution in [0.3, 0.4) is 0 Å². The molecule has 1 aliphatic rings. The van der Waals surface area contributed by atoms with Gasteiger partial charge in [-0.2, -0.15) is 0 Å². The largest absolute Gasteiger partial charge is 0.489 e. The first-order chi connectivity index (χ1) is 15.9. The van der Waals surface area contributed by atoms with E-state index in [-0.39, 0.29) is 5.91 Å². The number of likely N-dealkylation sites (N-methyl/N-ethyl adjacent to an activating group) is 1. The number of hydrogen-bond donors (Lipinski definition) is 0. The average molecular weight is 562 g/mol. The number of aliphatic imine (C=N–C) groups is 1. The third-order valence-electron chi connectivity index (χ3n) is 4.84. The summed E-state index contributed by atoms with van der Waals surface area (Å²) in [5.74, 6) is 0.623. The highest BCUT2D eigenvalue weighted by Crippen LogP contribution is 2.35. The zero-order chi connectivity index (χ0) is 23.4. The van der Waals surface area contributed by atoms with E-state index in [4.69, 9.17) is 27.9 Å². The normalized spacial score (nSPS) is 16.1. The van der Waals surface area contributed by atoms with Crippen LogP contribution >= 0.6 is 50.9 Å². The van der Waals surface area contributed by atoms with Crippen LogP contribution in [0, 0.1) is 0 Å². The van der Waals surface area contributed by atoms with Gasteiger partial charge >= 0.3 is 0 Å². The lowest BCUT2D eigenvalue weighted by Crippen LogP contribution is -2.28. The summed E-state index contributed by atoms with van der Waals surface area (Å²) >= 11 is 17.1. The Morgan fingerprint density at radius 2 is 1.88 bits per heavy atom. The summed E-state index contributed by atoms with van der Waals surface area (Å²) in [5.41, 5.74) is 2.47. The highest BCUT2D eigenvalue weighted by Gasteiger charge is 2.32. The summed E-state index contributed by atoms with van der Waals surface area (Å²) in [5, 5.41) is 1.86. The highest BCUT2D eigenvalue weighted by molar-refractivity contribution is 9.10. The second kappa shape index (κ2) is 10.8. The molecule has 168 valence electrons. The number of ether oxygens (including phenoxy) is 1. The molecule has 0 aliphatic carbocycles. The minimum Gasteiger partial charge on any atom is -0.489 e. The van der Waals surface area contributed by atoms with Gasteiger partial charge in [-0.3, -0.25) is 9.69 Å². The van der Waals surface area contributed by atoms with E-state index in [0.717, 1.165) is 15.6 Å². The van der Waals surface area contributed by atoms with Crippen molar-refractivity contribution in [1.29, 1.82) is 0 Å². The van der Waals surface area contributed by atoms with Gasteiger partial charge in [0.05, 0.1) is 15.6 Å². The van der Waals surface area contributed by atoms with Gasteiger partial charge in [0.15, 0.2) is 5.17 Å². The molecule has 3 aromatic rings. The summed E-state index contributed by atoms with van der Waals surface area (Å²) in [6.07, 6.45) is 1.86. The number of benzene rings is 3. The third-order valence-corrected chi connectivity index (χ3v) is 7.45. The Bertz CT molecular complexity index is 1260. The van der Waals surface area contributed by atoms with Gasteiger partial charge in [-0.1, -0.05) is 53.5 Å². The van der Waals surface area contributed by atoms with E-state index < -0.39 is 0 Å². The molecule has 0 aromatic heterocycles. The van der Waals surface area contributed by atoms with Crippen molar-refractivity contribution in [3.63, 3.8) is 0 Å². The number of hydrogen-bond acceptors (Lipinski definition) is 4. The van der Waals surface area contributed by atoms with Crippen LogP contribution in [0.15, 0.2) is 81.1 Å². The van der Waals surface area contributed by atoms with E-state index in [1.807, 2.05) is 73.7 Å². The first-order valence-electron chi connectivity index (χ1n) is 10.2. The predicted octanol–water partition coefficient (Wildman–Crippen LogP) is 7.96. The fourth-order valence-electron chi connectivity index (χ4n) is 3.16. The monoisotopic (exact) mass is 560 g/mol. The second-order valence-electron chi connectivity index (χ2n) is 7.11. The van der Waals surface area contributed by atoms with Crippen LogP contribution in [0.2, 0.25) is 10.0 Å². The third kappa shape index (κ3) is 5.82. The summed E-state index contributed by atoms with van der Waals surface area (Å²) < 4.78 is 6.71. The summed E-state index contributed by atoms with van der Waals surface area (Å²) in [6.45, 7) is 2.81. The van der Waals surface area contributed by atoms with Gasteiger partial charge in [0.1, 0.15) is 12.4 Å². The quantitative estimate of drug-likeness (QED) is 0.287. The fourth-order valence-corrected chi connectivity index (χ4v) is 4.83. The van der Waals surface area contributed by atoms with Crippen molar-refractivity contribution in [2.24, 2.45) is 4.99 Å². The lowest BCUT2D eigenvalue weighted by Gasteiger charge is -2.12. The smallest absolute Gasteiger partial charge is 0.266 e. The molecule has 0 spiro atoms. The lowest BCUT2D eigenvalue weighted by molar-refractivity contribution is -0.122. The van der Waals surface area contributed by atoms with Crippen molar-refractivity contribution in [3.05, 3.63) is 97.3 Å². The van der Waals surface area contributed by atoms with Crippen LogP contribution in [0.1, 0.15) is 18.1 Å². The van der Waals surface area contributed by atoms with Crippen molar-refractivity contribution in [2.45, 2.75) is 13.5 Å². The van der Waals surface area contributed by atoms with Crippen molar-refractivity contribution in [1.82, 2.24) is 4.90 Å². The zero-order valence-corrected chi connectivity index (χ0v) is 21.5. The van der Waals surface area contributed by atoms with Gasteiger partial charge in [-0.05, 0) is 82.7 Å². The Kier molecular flexibility index (Phi) is 7.81. The fraction of sp³-hybridized carbons (Fsp3) is 0.120. The molecular formula is C25H19BrCl2N2O2S. The topological polar surface area (TPSA) is 41.9 Å². The van der Waals surface area contributed by atoms with Crippen LogP contribution < -0.4 is 4.74 Å². The molecule has 33 heavy (non-hydrogen) atoms. The number of thioether (sulfide) groups is 1. The van der Waals surface area contributed by atoms with Gasteiger partial charge in [0, 0.05) is 21.6 Å². The van der Waals surface area contributed by atoms with Crippen LogP contribution in [-0.2, 0) is 11.4 Å². The molecule has 1 amide bonds. The Hall–Kier alpha value is -2.25. The average Bonchev–Trinajstić information content (AvgIpc) is 3.09. The summed E-state index contributed by atoms with van der Waals surface area (Å²) in [4.78, 5) is 19.9. The van der Waals surface area contributed by atoms with E-state index in [0.29, 0.717) is 44.7 Å². The summed E-state index contributed by atoms with van der Waals surface area (Å²) in [7, 11) is 0. The molecule has 0 saturated carbocycles. The molecule has 0 bridgehead atoms. The van der Waals surface area contributed by atoms with Crippen molar-refractivity contribution in [3.8, 4) is 5.75 Å². The molecular weight excluding hydrogens is 543 g/mol. The number of amidine groups is 1. The Labute approximate surface area is 215 Å². The Morgan fingerprint density at radius 1 is 1.06 bits per heavy atom. The van der Waals surface area contributed by atoms with E-state index >= 15 is 0 Å². The minimum absolute atomic E-state index is 0.0770. The molecule has 1 heterocycles. The Morgan fingerprint density at radius 3 is 2.64 bits per heavy atom. The van der Waals surface area contributed by atoms with E-state index in [2.05, 4.69) is 20.9 Å². The van der Waals surface area contributed by atoms with Gasteiger partial charge in [-0.15, -0.1) is 0 Å². The first kappa shape index (κ1) is 23.9. The number of carbonyl (C=O) groups excluding carboxylic acids is 1. The Balaban J connectivity index is 1.54. The molecule has 0 radical (unpaired) electrons. The highest BCUT2D eigenvalue weighted by atomic mass is 79.9. The van der Waals surface area contributed by atoms with Crippen molar-refractivity contribution in [2.75, 3.05) is 6.54 Å². The molecule has 1 fully saturated rings. The minimum atomic E-state index is -0.0770. The molecule has 4 nitrogen and oxygen atoms in total. The van der Waals surface area contributed by atoms with E-state index in [1.54, 1.807) is 11.0 Å². The predicted molar refractivity (Wildman–Crippen MR) is 141 cm³/mol. The maximum Gasteiger partial charge on any atom is 0.266 e. The van der Waals surface area contributed by atoms with Crippen molar-refractivity contribution >= 4 is 73.7 Å². The maximum atomic E-state index is 13.0. The molecule has 1 saturated heterocycles. The lowest BCUT2D eigenvalue weighted by atomic mass is 10.2. The number of carbonyl (C=O) groups is 1. The number of rotatable bonds is 6. The molecule has 1 aliphatic heterocycles. The molecule has 4 rings (SSSR count). The molecule has 3 aromatic carbocycles. The summed E-state index contributed by atoms with van der Waals surface area (Å²) in [6, 6.07) is 20.6. The number of amides is 1. The number of halogens is 3. The molecule has 0 unspecified atom stereocenters. The van der Waals surface area contributed by atoms with Gasteiger partial charge < -0.3 is 4.74 Å². The molecule has 0 atom stereocenters. The van der Waals surface area contributed by atoms with Gasteiger partial charge in [0.25, 0.3) is 5.91 Å². The van der Waals surface area contributed by atoms with Crippen LogP contribution in [0.4, 0.5) is 5.69 Å². The zero-order valence-electron chi connectivity index (χ0n) is 17.6. The van der Waals surface area contributed by atoms with E-state index in [9.17, 15) is 4.79 Å². The van der Waals surface area contributed by atoms with Crippen LogP contribution in [0.25, 0.3) is 6.08 Å². The molecule has 8 heteroatoms. The van der Waals surface area contributed by atoms with E-state index in [1.165, 1.54) is 11.8 Å². The SMILES string of the molecule is CCN1C(=O)/C(=C\c2cccc(OCc3ccccc3Cl)c2)SC1=Nc1ccc(Br)c(Cl)c1. The van der Waals surface area contributed by atoms with Crippen molar-refractivity contribution < 1.29 is 9.53 Å². The first-order valence-corrected chi connectivity index (χ1v) is 12.5. The van der Waals surface area contributed by atoms with Gasteiger partial charge in [-0.25, -0.2) is 4.99 Å². The van der Waals surface area contributed by atoms with Crippen LogP contribution in [0.5, 0.6) is 5.75 Å². The van der Waals surface area contributed by atoms with Gasteiger partial charge in [0.2, 0.25) is 0 Å². The number of nitrogens with zero attached hydrogens (tertiary/aromatic N) is 2. The molecule has 0 N–H and O–H groups in total. The maximum absolute atomic E-state index is 13.0. The second-order valence-corrected chi connectivity index (χ2v) is 9.78. The van der Waals surface area contributed by atoms with Crippen LogP contribution in [-0.4, -0.2) is 22.5 Å².